The van der Waals surface area contributed by atoms with Crippen LogP contribution in [0.5, 0.6) is 0 Å². The van der Waals surface area contributed by atoms with E-state index in [0.717, 1.165) is 17.6 Å². The zero-order chi connectivity index (χ0) is 10.8. The highest BCUT2D eigenvalue weighted by atomic mass is 79.9. The van der Waals surface area contributed by atoms with E-state index in [0.29, 0.717) is 12.0 Å². The van der Waals surface area contributed by atoms with E-state index >= 15 is 0 Å². The summed E-state index contributed by atoms with van der Waals surface area (Å²) in [5.41, 5.74) is 1.36. The van der Waals surface area contributed by atoms with Crippen LogP contribution in [0.3, 0.4) is 0 Å². The van der Waals surface area contributed by atoms with Crippen molar-refractivity contribution in [2.45, 2.75) is 38.6 Å². The van der Waals surface area contributed by atoms with Crippen molar-refractivity contribution < 1.29 is 0 Å². The molecule has 1 unspecified atom stereocenters. The summed E-state index contributed by atoms with van der Waals surface area (Å²) in [4.78, 5) is 0. The Labute approximate surface area is 99.4 Å². The van der Waals surface area contributed by atoms with Crippen molar-refractivity contribution in [3.8, 4) is 0 Å². The molecule has 4 heteroatoms. The van der Waals surface area contributed by atoms with Gasteiger partial charge in [-0.25, -0.2) is 0 Å². The minimum atomic E-state index is 0.438. The van der Waals surface area contributed by atoms with Gasteiger partial charge in [-0.3, -0.25) is 4.68 Å². The molecule has 0 spiro atoms. The van der Waals surface area contributed by atoms with Crippen LogP contribution < -0.4 is 5.32 Å². The Bertz CT molecular complexity index is 327. The predicted octanol–water partition coefficient (Wildman–Crippen LogP) is 2.69. The number of hydrogen-bond acceptors (Lipinski definition) is 2. The third-order valence-corrected chi connectivity index (χ3v) is 3.57. The lowest BCUT2D eigenvalue weighted by Gasteiger charge is -2.25. The highest BCUT2D eigenvalue weighted by Gasteiger charge is 2.22. The van der Waals surface area contributed by atoms with Gasteiger partial charge in [-0.1, -0.05) is 0 Å². The molecule has 2 heterocycles. The number of nitrogens with one attached hydrogen (secondary N) is 1. The summed E-state index contributed by atoms with van der Waals surface area (Å²) in [6.45, 7) is 6.60. The van der Waals surface area contributed by atoms with Crippen LogP contribution in [0.4, 0.5) is 0 Å². The molecule has 0 saturated carbocycles. The topological polar surface area (TPSA) is 29.9 Å². The summed E-state index contributed by atoms with van der Waals surface area (Å²) in [6.07, 6.45) is 4.45. The largest absolute Gasteiger partial charge is 0.316 e. The van der Waals surface area contributed by atoms with Gasteiger partial charge >= 0.3 is 0 Å². The lowest BCUT2D eigenvalue weighted by molar-refractivity contribution is 0.414. The molecule has 2 rings (SSSR count). The quantitative estimate of drug-likeness (QED) is 0.897. The molecule has 1 aliphatic rings. The smallest absolute Gasteiger partial charge is 0.0635 e. The molecule has 1 N–H and O–H groups in total. The van der Waals surface area contributed by atoms with E-state index in [-0.39, 0.29) is 0 Å². The Kier molecular flexibility index (Phi) is 3.46. The van der Waals surface area contributed by atoms with Crippen LogP contribution >= 0.6 is 15.9 Å². The highest BCUT2D eigenvalue weighted by molar-refractivity contribution is 9.10. The first-order chi connectivity index (χ1) is 7.20. The van der Waals surface area contributed by atoms with Crippen LogP contribution in [0.2, 0.25) is 0 Å². The van der Waals surface area contributed by atoms with Crippen molar-refractivity contribution >= 4 is 15.9 Å². The minimum absolute atomic E-state index is 0.438. The van der Waals surface area contributed by atoms with Crippen LogP contribution in [-0.2, 0) is 0 Å². The van der Waals surface area contributed by atoms with Gasteiger partial charge < -0.3 is 5.32 Å². The van der Waals surface area contributed by atoms with Crippen molar-refractivity contribution in [3.63, 3.8) is 0 Å². The molecule has 1 fully saturated rings. The molecule has 1 atom stereocenters. The molecule has 84 valence electrons. The molecule has 1 saturated heterocycles. The molecule has 0 bridgehead atoms. The number of piperidine rings is 1. The van der Waals surface area contributed by atoms with Gasteiger partial charge in [-0.15, -0.1) is 0 Å². The van der Waals surface area contributed by atoms with Crippen molar-refractivity contribution in [2.75, 3.05) is 13.1 Å². The van der Waals surface area contributed by atoms with Gasteiger partial charge in [0.15, 0.2) is 0 Å². The highest BCUT2D eigenvalue weighted by Crippen LogP contribution is 2.31. The van der Waals surface area contributed by atoms with Crippen LogP contribution in [-0.4, -0.2) is 22.9 Å². The fourth-order valence-corrected chi connectivity index (χ4v) is 2.83. The van der Waals surface area contributed by atoms with Crippen LogP contribution in [0.1, 0.15) is 44.3 Å². The molecule has 0 aliphatic carbocycles. The Morgan fingerprint density at radius 3 is 3.00 bits per heavy atom. The molecular formula is C11H18BrN3. The number of halogens is 1. The van der Waals surface area contributed by atoms with Crippen molar-refractivity contribution in [1.82, 2.24) is 15.1 Å². The van der Waals surface area contributed by atoms with E-state index in [2.05, 4.69) is 44.9 Å². The monoisotopic (exact) mass is 271 g/mol. The Balaban J connectivity index is 2.28. The SMILES string of the molecule is CC(C)n1ncc(Br)c1C1CCCNC1. The summed E-state index contributed by atoms with van der Waals surface area (Å²) in [5, 5.41) is 7.89. The summed E-state index contributed by atoms with van der Waals surface area (Å²) < 4.78 is 3.30. The van der Waals surface area contributed by atoms with E-state index in [1.165, 1.54) is 18.5 Å². The molecule has 3 nitrogen and oxygen atoms in total. The first-order valence-electron chi connectivity index (χ1n) is 5.63. The number of aromatic nitrogens is 2. The zero-order valence-corrected chi connectivity index (χ0v) is 10.9. The number of nitrogens with zero attached hydrogens (tertiary/aromatic N) is 2. The third kappa shape index (κ3) is 2.26. The fraction of sp³-hybridized carbons (Fsp3) is 0.727. The lowest BCUT2D eigenvalue weighted by atomic mass is 9.96. The first kappa shape index (κ1) is 11.1. The van der Waals surface area contributed by atoms with Gasteiger partial charge in [0.25, 0.3) is 0 Å². The molecule has 0 radical (unpaired) electrons. The van der Waals surface area contributed by atoms with E-state index in [9.17, 15) is 0 Å². The van der Waals surface area contributed by atoms with E-state index in [4.69, 9.17) is 0 Å². The number of hydrogen-bond donors (Lipinski definition) is 1. The maximum Gasteiger partial charge on any atom is 0.0635 e. The van der Waals surface area contributed by atoms with Gasteiger partial charge in [0, 0.05) is 18.5 Å². The average Bonchev–Trinajstić information content (AvgIpc) is 2.61. The van der Waals surface area contributed by atoms with Gasteiger partial charge in [0.2, 0.25) is 0 Å². The molecule has 15 heavy (non-hydrogen) atoms. The van der Waals surface area contributed by atoms with Gasteiger partial charge in [-0.05, 0) is 49.2 Å². The van der Waals surface area contributed by atoms with E-state index in [1.54, 1.807) is 0 Å². The van der Waals surface area contributed by atoms with Crippen molar-refractivity contribution in [1.29, 1.82) is 0 Å². The fourth-order valence-electron chi connectivity index (χ4n) is 2.23. The Morgan fingerprint density at radius 1 is 1.60 bits per heavy atom. The summed E-state index contributed by atoms with van der Waals surface area (Å²) in [7, 11) is 0. The van der Waals surface area contributed by atoms with Crippen LogP contribution in [0.25, 0.3) is 0 Å². The van der Waals surface area contributed by atoms with Crippen molar-refractivity contribution in [3.05, 3.63) is 16.4 Å². The zero-order valence-electron chi connectivity index (χ0n) is 9.33. The van der Waals surface area contributed by atoms with Crippen LogP contribution in [0.15, 0.2) is 10.7 Å². The summed E-state index contributed by atoms with van der Waals surface area (Å²) in [5.74, 6) is 0.609. The Morgan fingerprint density at radius 2 is 2.40 bits per heavy atom. The molecule has 1 aliphatic heterocycles. The summed E-state index contributed by atoms with van der Waals surface area (Å²) in [6, 6.07) is 0.438. The second kappa shape index (κ2) is 4.66. The van der Waals surface area contributed by atoms with E-state index < -0.39 is 0 Å². The third-order valence-electron chi connectivity index (χ3n) is 2.96. The molecule has 1 aromatic heterocycles. The van der Waals surface area contributed by atoms with Gasteiger partial charge in [0.1, 0.15) is 0 Å². The first-order valence-corrected chi connectivity index (χ1v) is 6.43. The molecule has 1 aromatic rings. The molecule has 0 aromatic carbocycles. The minimum Gasteiger partial charge on any atom is -0.316 e. The van der Waals surface area contributed by atoms with E-state index in [1.807, 2.05) is 6.20 Å². The predicted molar refractivity (Wildman–Crippen MR) is 65.2 cm³/mol. The standard InChI is InChI=1S/C11H18BrN3/c1-8(2)15-11(10(12)7-14-15)9-4-3-5-13-6-9/h7-9,13H,3-6H2,1-2H3. The lowest BCUT2D eigenvalue weighted by Crippen LogP contribution is -2.30. The second-order valence-electron chi connectivity index (χ2n) is 4.46. The summed E-state index contributed by atoms with van der Waals surface area (Å²) >= 11 is 3.61. The maximum atomic E-state index is 4.43. The normalized spacial score (nSPS) is 22.3. The average molecular weight is 272 g/mol. The van der Waals surface area contributed by atoms with Crippen molar-refractivity contribution in [2.24, 2.45) is 0 Å². The number of rotatable bonds is 2. The Hall–Kier alpha value is -0.350. The maximum absolute atomic E-state index is 4.43. The molecule has 0 amide bonds. The second-order valence-corrected chi connectivity index (χ2v) is 5.31. The van der Waals surface area contributed by atoms with Crippen LogP contribution in [0, 0.1) is 0 Å². The molecular weight excluding hydrogens is 254 g/mol. The van der Waals surface area contributed by atoms with Gasteiger partial charge in [-0.2, -0.15) is 5.10 Å². The van der Waals surface area contributed by atoms with Gasteiger partial charge in [0.05, 0.1) is 16.4 Å².